The van der Waals surface area contributed by atoms with Crippen molar-refractivity contribution in [2.24, 2.45) is 4.99 Å². The van der Waals surface area contributed by atoms with Gasteiger partial charge in [-0.25, -0.2) is 0 Å². The fraction of sp³-hybridized carbons (Fsp3) is 0.143. The Morgan fingerprint density at radius 3 is 2.81 bits per heavy atom. The average molecular weight is 359 g/mol. The third-order valence-electron chi connectivity index (χ3n) is 4.40. The number of nitro benzene ring substituents is 1. The molecule has 3 heterocycles. The topological polar surface area (TPSA) is 81.5 Å². The largest absolute Gasteiger partial charge is 0.457 e. The zero-order chi connectivity index (χ0) is 18.6. The summed E-state index contributed by atoms with van der Waals surface area (Å²) in [6.07, 6.45) is 7.46. The van der Waals surface area contributed by atoms with Gasteiger partial charge in [0.2, 0.25) is 0 Å². The summed E-state index contributed by atoms with van der Waals surface area (Å²) in [7, 11) is 0. The van der Waals surface area contributed by atoms with Gasteiger partial charge < -0.3 is 4.42 Å². The van der Waals surface area contributed by atoms with Crippen molar-refractivity contribution in [3.8, 4) is 11.3 Å². The van der Waals surface area contributed by atoms with Crippen LogP contribution in [0.3, 0.4) is 0 Å². The van der Waals surface area contributed by atoms with Crippen LogP contribution in [0.15, 0.2) is 75.9 Å². The van der Waals surface area contributed by atoms with Gasteiger partial charge in [-0.05, 0) is 48.8 Å². The minimum Gasteiger partial charge on any atom is -0.457 e. The third-order valence-corrected chi connectivity index (χ3v) is 4.40. The van der Waals surface area contributed by atoms with Gasteiger partial charge in [0, 0.05) is 42.2 Å². The van der Waals surface area contributed by atoms with Crippen molar-refractivity contribution in [3.05, 3.63) is 87.9 Å². The molecule has 1 aromatic carbocycles. The van der Waals surface area contributed by atoms with Gasteiger partial charge in [-0.2, -0.15) is 0 Å². The second-order valence-electron chi connectivity index (χ2n) is 6.25. The number of furan rings is 1. The number of rotatable bonds is 4. The SMILES string of the molecule is O=[N+]([O-])c1cccc(-c2ccc(/C=C3/CCCN=C3c3cccnc3)o2)c1. The van der Waals surface area contributed by atoms with Crippen LogP contribution in [0.4, 0.5) is 5.69 Å². The van der Waals surface area contributed by atoms with E-state index < -0.39 is 4.92 Å². The monoisotopic (exact) mass is 359 g/mol. The predicted octanol–water partition coefficient (Wildman–Crippen LogP) is 4.92. The molecule has 0 aliphatic carbocycles. The summed E-state index contributed by atoms with van der Waals surface area (Å²) in [5.41, 5.74) is 3.77. The van der Waals surface area contributed by atoms with Gasteiger partial charge in [0.1, 0.15) is 11.5 Å². The first kappa shape index (κ1) is 16.9. The molecule has 0 spiro atoms. The van der Waals surface area contributed by atoms with E-state index in [2.05, 4.69) is 9.98 Å². The van der Waals surface area contributed by atoms with Crippen molar-refractivity contribution in [2.45, 2.75) is 12.8 Å². The van der Waals surface area contributed by atoms with E-state index in [0.717, 1.165) is 36.2 Å². The van der Waals surface area contributed by atoms with Crippen LogP contribution in [0.1, 0.15) is 24.2 Å². The van der Waals surface area contributed by atoms with Crippen LogP contribution in [0.2, 0.25) is 0 Å². The highest BCUT2D eigenvalue weighted by Gasteiger charge is 2.15. The zero-order valence-corrected chi connectivity index (χ0v) is 14.5. The van der Waals surface area contributed by atoms with E-state index in [4.69, 9.17) is 4.42 Å². The first-order valence-corrected chi connectivity index (χ1v) is 8.71. The number of hydrogen-bond donors (Lipinski definition) is 0. The quantitative estimate of drug-likeness (QED) is 0.489. The fourth-order valence-corrected chi connectivity index (χ4v) is 3.13. The number of nitro groups is 1. The molecule has 4 rings (SSSR count). The summed E-state index contributed by atoms with van der Waals surface area (Å²) in [6.45, 7) is 0.804. The van der Waals surface area contributed by atoms with Gasteiger partial charge in [-0.1, -0.05) is 12.1 Å². The van der Waals surface area contributed by atoms with E-state index >= 15 is 0 Å². The molecule has 0 saturated heterocycles. The number of hydrogen-bond acceptors (Lipinski definition) is 5. The molecular weight excluding hydrogens is 342 g/mol. The third kappa shape index (κ3) is 3.69. The molecular formula is C21H17N3O3. The average Bonchev–Trinajstić information content (AvgIpc) is 3.18. The maximum absolute atomic E-state index is 11.0. The van der Waals surface area contributed by atoms with Crippen molar-refractivity contribution < 1.29 is 9.34 Å². The molecule has 134 valence electrons. The van der Waals surface area contributed by atoms with Crippen LogP contribution < -0.4 is 0 Å². The second-order valence-corrected chi connectivity index (χ2v) is 6.25. The lowest BCUT2D eigenvalue weighted by molar-refractivity contribution is -0.384. The number of aromatic nitrogens is 1. The summed E-state index contributed by atoms with van der Waals surface area (Å²) >= 11 is 0. The first-order chi connectivity index (χ1) is 13.2. The molecule has 0 atom stereocenters. The van der Waals surface area contributed by atoms with Crippen molar-refractivity contribution in [1.82, 2.24) is 4.98 Å². The zero-order valence-electron chi connectivity index (χ0n) is 14.5. The van der Waals surface area contributed by atoms with Crippen LogP contribution in [0.25, 0.3) is 17.4 Å². The Labute approximate surface area is 156 Å². The molecule has 27 heavy (non-hydrogen) atoms. The number of benzene rings is 1. The van der Waals surface area contributed by atoms with Gasteiger partial charge >= 0.3 is 0 Å². The Morgan fingerprint density at radius 2 is 2.00 bits per heavy atom. The van der Waals surface area contributed by atoms with E-state index in [1.807, 2.05) is 36.5 Å². The normalized spacial score (nSPS) is 15.6. The van der Waals surface area contributed by atoms with Crippen LogP contribution in [-0.2, 0) is 0 Å². The van der Waals surface area contributed by atoms with Crippen molar-refractivity contribution in [3.63, 3.8) is 0 Å². The maximum atomic E-state index is 11.0. The van der Waals surface area contributed by atoms with Crippen LogP contribution >= 0.6 is 0 Å². The Balaban J connectivity index is 1.65. The van der Waals surface area contributed by atoms with E-state index in [-0.39, 0.29) is 5.69 Å². The van der Waals surface area contributed by atoms with E-state index in [1.54, 1.807) is 18.3 Å². The predicted molar refractivity (Wildman–Crippen MR) is 104 cm³/mol. The van der Waals surface area contributed by atoms with E-state index in [9.17, 15) is 10.1 Å². The number of pyridine rings is 1. The maximum Gasteiger partial charge on any atom is 0.270 e. The highest BCUT2D eigenvalue weighted by Crippen LogP contribution is 2.28. The Hall–Kier alpha value is -3.54. The molecule has 1 aliphatic heterocycles. The van der Waals surface area contributed by atoms with Crippen LogP contribution in [-0.4, -0.2) is 22.2 Å². The molecule has 3 aromatic rings. The van der Waals surface area contributed by atoms with Crippen molar-refractivity contribution in [2.75, 3.05) is 6.54 Å². The smallest absolute Gasteiger partial charge is 0.270 e. The Bertz CT molecular complexity index is 1040. The lowest BCUT2D eigenvalue weighted by Crippen LogP contribution is -2.11. The summed E-state index contributed by atoms with van der Waals surface area (Å²) < 4.78 is 5.92. The number of nitrogens with zero attached hydrogens (tertiary/aromatic N) is 3. The van der Waals surface area contributed by atoms with Gasteiger partial charge in [-0.15, -0.1) is 0 Å². The molecule has 0 radical (unpaired) electrons. The molecule has 6 nitrogen and oxygen atoms in total. The fourth-order valence-electron chi connectivity index (χ4n) is 3.13. The van der Waals surface area contributed by atoms with Crippen molar-refractivity contribution in [1.29, 1.82) is 0 Å². The van der Waals surface area contributed by atoms with Gasteiger partial charge in [0.05, 0.1) is 10.6 Å². The molecule has 0 unspecified atom stereocenters. The number of aliphatic imine (C=N–C) groups is 1. The van der Waals surface area contributed by atoms with Gasteiger partial charge in [-0.3, -0.25) is 20.1 Å². The molecule has 6 heteroatoms. The molecule has 0 saturated carbocycles. The summed E-state index contributed by atoms with van der Waals surface area (Å²) in [6, 6.07) is 14.0. The van der Waals surface area contributed by atoms with E-state index in [1.165, 1.54) is 12.1 Å². The van der Waals surface area contributed by atoms with Gasteiger partial charge in [0.25, 0.3) is 5.69 Å². The Morgan fingerprint density at radius 1 is 1.11 bits per heavy atom. The molecule has 0 bridgehead atoms. The molecule has 0 amide bonds. The first-order valence-electron chi connectivity index (χ1n) is 8.71. The molecule has 1 aliphatic rings. The van der Waals surface area contributed by atoms with Crippen molar-refractivity contribution >= 4 is 17.5 Å². The van der Waals surface area contributed by atoms with E-state index in [0.29, 0.717) is 17.1 Å². The van der Waals surface area contributed by atoms with Gasteiger partial charge in [0.15, 0.2) is 0 Å². The lowest BCUT2D eigenvalue weighted by Gasteiger charge is -2.15. The molecule has 0 N–H and O–H groups in total. The summed E-state index contributed by atoms with van der Waals surface area (Å²) in [5.74, 6) is 1.30. The standard InChI is InChI=1S/C21H17N3O3/c25-24(26)18-7-1-4-15(12-18)20-9-8-19(27-20)13-16-5-3-11-23-21(16)17-6-2-10-22-14-17/h1-2,4,6-10,12-14H,3,5,11H2/b16-13-. The number of non-ortho nitro benzene ring substituents is 1. The molecule has 2 aromatic heterocycles. The number of allylic oxidation sites excluding steroid dienone is 1. The molecule has 0 fully saturated rings. The minimum atomic E-state index is -0.409. The Kier molecular flexibility index (Phi) is 4.61. The minimum absolute atomic E-state index is 0.0436. The summed E-state index contributed by atoms with van der Waals surface area (Å²) in [5, 5.41) is 11.0. The second kappa shape index (κ2) is 7.37. The summed E-state index contributed by atoms with van der Waals surface area (Å²) in [4.78, 5) is 19.4. The highest BCUT2D eigenvalue weighted by atomic mass is 16.6. The van der Waals surface area contributed by atoms with Crippen LogP contribution in [0.5, 0.6) is 0 Å². The van der Waals surface area contributed by atoms with Crippen LogP contribution in [0, 0.1) is 10.1 Å². The highest BCUT2D eigenvalue weighted by molar-refractivity contribution is 6.15. The lowest BCUT2D eigenvalue weighted by atomic mass is 9.96.